The molecule has 130 valence electrons. The lowest BCUT2D eigenvalue weighted by Gasteiger charge is -2.34. The zero-order valence-electron chi connectivity index (χ0n) is 15.1. The number of anilines is 1. The number of benzene rings is 2. The molecule has 4 nitrogen and oxygen atoms in total. The molecule has 1 heterocycles. The summed E-state index contributed by atoms with van der Waals surface area (Å²) in [6.07, 6.45) is 0. The normalized spacial score (nSPS) is 16.4. The molecule has 0 aliphatic carbocycles. The number of rotatable bonds is 5. The van der Waals surface area contributed by atoms with Crippen molar-refractivity contribution < 1.29 is 0 Å². The Morgan fingerprint density at radius 1 is 1.08 bits per heavy atom. The highest BCUT2D eigenvalue weighted by molar-refractivity contribution is 5.48. The largest absolute Gasteiger partial charge is 0.369 e. The topological polar surface area (TPSA) is 42.3 Å². The SMILES string of the molecule is CC(NCc1cccc(C#N)c1)c1ccc(N2CCN(C)CC2)cc1. The van der Waals surface area contributed by atoms with E-state index in [-0.39, 0.29) is 6.04 Å². The molecule has 0 saturated carbocycles. The third kappa shape index (κ3) is 4.60. The first-order valence-corrected chi connectivity index (χ1v) is 8.91. The number of nitrogens with zero attached hydrogens (tertiary/aromatic N) is 3. The van der Waals surface area contributed by atoms with Crippen LogP contribution in [0, 0.1) is 11.3 Å². The molecule has 1 aliphatic heterocycles. The summed E-state index contributed by atoms with van der Waals surface area (Å²) in [6.45, 7) is 7.39. The minimum Gasteiger partial charge on any atom is -0.369 e. The first kappa shape index (κ1) is 17.5. The van der Waals surface area contributed by atoms with E-state index in [1.807, 2.05) is 18.2 Å². The second-order valence-corrected chi connectivity index (χ2v) is 6.80. The highest BCUT2D eigenvalue weighted by Gasteiger charge is 2.14. The first-order chi connectivity index (χ1) is 12.2. The second-order valence-electron chi connectivity index (χ2n) is 6.80. The van der Waals surface area contributed by atoms with Gasteiger partial charge in [-0.25, -0.2) is 0 Å². The molecule has 0 bridgehead atoms. The maximum atomic E-state index is 8.99. The van der Waals surface area contributed by atoms with Crippen molar-refractivity contribution in [2.75, 3.05) is 38.1 Å². The quantitative estimate of drug-likeness (QED) is 0.912. The van der Waals surface area contributed by atoms with Crippen molar-refractivity contribution in [3.05, 3.63) is 65.2 Å². The number of piperazine rings is 1. The highest BCUT2D eigenvalue weighted by Crippen LogP contribution is 2.20. The summed E-state index contributed by atoms with van der Waals surface area (Å²) in [6, 6.07) is 19.1. The predicted octanol–water partition coefficient (Wildman–Crippen LogP) is 3.16. The van der Waals surface area contributed by atoms with E-state index in [9.17, 15) is 0 Å². The minimum absolute atomic E-state index is 0.271. The third-order valence-electron chi connectivity index (χ3n) is 4.93. The highest BCUT2D eigenvalue weighted by atomic mass is 15.2. The van der Waals surface area contributed by atoms with Gasteiger partial charge in [-0.3, -0.25) is 0 Å². The van der Waals surface area contributed by atoms with E-state index >= 15 is 0 Å². The van der Waals surface area contributed by atoms with Crippen LogP contribution in [-0.2, 0) is 6.54 Å². The minimum atomic E-state index is 0.271. The van der Waals surface area contributed by atoms with E-state index in [0.717, 1.165) is 38.3 Å². The fourth-order valence-corrected chi connectivity index (χ4v) is 3.18. The van der Waals surface area contributed by atoms with Crippen LogP contribution >= 0.6 is 0 Å². The van der Waals surface area contributed by atoms with Crippen molar-refractivity contribution in [2.24, 2.45) is 0 Å². The maximum Gasteiger partial charge on any atom is 0.0991 e. The lowest BCUT2D eigenvalue weighted by molar-refractivity contribution is 0.313. The standard InChI is InChI=1S/C21H26N4/c1-17(23-16-19-5-3-4-18(14-19)15-22)20-6-8-21(9-7-20)25-12-10-24(2)11-13-25/h3-9,14,17,23H,10-13,16H2,1-2H3. The molecule has 0 radical (unpaired) electrons. The maximum absolute atomic E-state index is 8.99. The van der Waals surface area contributed by atoms with Gasteiger partial charge in [-0.1, -0.05) is 24.3 Å². The Labute approximate surface area is 150 Å². The van der Waals surface area contributed by atoms with Gasteiger partial charge < -0.3 is 15.1 Å². The van der Waals surface area contributed by atoms with Crippen LogP contribution in [0.5, 0.6) is 0 Å². The predicted molar refractivity (Wildman–Crippen MR) is 103 cm³/mol. The van der Waals surface area contributed by atoms with Gasteiger partial charge in [0.2, 0.25) is 0 Å². The van der Waals surface area contributed by atoms with Crippen LogP contribution in [0.15, 0.2) is 48.5 Å². The summed E-state index contributed by atoms with van der Waals surface area (Å²) in [4.78, 5) is 4.83. The fourth-order valence-electron chi connectivity index (χ4n) is 3.18. The van der Waals surface area contributed by atoms with Gasteiger partial charge in [0.1, 0.15) is 0 Å². The molecule has 1 fully saturated rings. The lowest BCUT2D eigenvalue weighted by Crippen LogP contribution is -2.44. The van der Waals surface area contributed by atoms with Gasteiger partial charge in [-0.15, -0.1) is 0 Å². The van der Waals surface area contributed by atoms with Crippen LogP contribution in [0.3, 0.4) is 0 Å². The Balaban J connectivity index is 1.57. The lowest BCUT2D eigenvalue weighted by atomic mass is 10.1. The average Bonchev–Trinajstić information content (AvgIpc) is 2.67. The molecule has 2 aromatic rings. The van der Waals surface area contributed by atoms with Gasteiger partial charge in [-0.05, 0) is 49.4 Å². The van der Waals surface area contributed by atoms with E-state index in [1.165, 1.54) is 11.3 Å². The molecule has 2 aromatic carbocycles. The first-order valence-electron chi connectivity index (χ1n) is 8.91. The zero-order valence-corrected chi connectivity index (χ0v) is 15.1. The number of nitriles is 1. The van der Waals surface area contributed by atoms with E-state index in [1.54, 1.807) is 0 Å². The van der Waals surface area contributed by atoms with Crippen LogP contribution in [0.4, 0.5) is 5.69 Å². The van der Waals surface area contributed by atoms with Crippen molar-refractivity contribution in [3.8, 4) is 6.07 Å². The van der Waals surface area contributed by atoms with Gasteiger partial charge in [0.05, 0.1) is 11.6 Å². The molecule has 1 unspecified atom stereocenters. The number of hydrogen-bond donors (Lipinski definition) is 1. The van der Waals surface area contributed by atoms with Crippen LogP contribution in [-0.4, -0.2) is 38.1 Å². The molecule has 0 aromatic heterocycles. The smallest absolute Gasteiger partial charge is 0.0991 e. The van der Waals surface area contributed by atoms with Gasteiger partial charge in [-0.2, -0.15) is 5.26 Å². The Hall–Kier alpha value is -2.35. The van der Waals surface area contributed by atoms with Crippen LogP contribution in [0.1, 0.15) is 29.7 Å². The Morgan fingerprint density at radius 3 is 2.48 bits per heavy atom. The molecular weight excluding hydrogens is 308 g/mol. The average molecular weight is 334 g/mol. The Bertz CT molecular complexity index is 724. The Kier molecular flexibility index (Phi) is 5.70. The zero-order chi connectivity index (χ0) is 17.6. The summed E-state index contributed by atoms with van der Waals surface area (Å²) >= 11 is 0. The molecule has 1 N–H and O–H groups in total. The van der Waals surface area contributed by atoms with Crippen LogP contribution < -0.4 is 10.2 Å². The number of nitrogens with one attached hydrogen (secondary N) is 1. The molecule has 0 amide bonds. The molecule has 1 atom stereocenters. The van der Waals surface area contributed by atoms with Crippen molar-refractivity contribution in [1.82, 2.24) is 10.2 Å². The van der Waals surface area contributed by atoms with Crippen molar-refractivity contribution in [2.45, 2.75) is 19.5 Å². The number of likely N-dealkylation sites (N-methyl/N-ethyl adjacent to an activating group) is 1. The molecule has 4 heteroatoms. The number of hydrogen-bond acceptors (Lipinski definition) is 4. The van der Waals surface area contributed by atoms with Crippen LogP contribution in [0.2, 0.25) is 0 Å². The molecule has 3 rings (SSSR count). The molecular formula is C21H26N4. The summed E-state index contributed by atoms with van der Waals surface area (Å²) in [5.41, 5.74) is 4.45. The third-order valence-corrected chi connectivity index (χ3v) is 4.93. The van der Waals surface area contributed by atoms with Gasteiger partial charge in [0.25, 0.3) is 0 Å². The Morgan fingerprint density at radius 2 is 1.80 bits per heavy atom. The fraction of sp³-hybridized carbons (Fsp3) is 0.381. The molecule has 0 spiro atoms. The van der Waals surface area contributed by atoms with Gasteiger partial charge in [0, 0.05) is 44.5 Å². The van der Waals surface area contributed by atoms with E-state index < -0.39 is 0 Å². The van der Waals surface area contributed by atoms with E-state index in [0.29, 0.717) is 5.56 Å². The molecule has 1 aliphatic rings. The summed E-state index contributed by atoms with van der Waals surface area (Å²) < 4.78 is 0. The molecule has 1 saturated heterocycles. The summed E-state index contributed by atoms with van der Waals surface area (Å²) in [5.74, 6) is 0. The van der Waals surface area contributed by atoms with Crippen molar-refractivity contribution >= 4 is 5.69 Å². The molecule has 25 heavy (non-hydrogen) atoms. The summed E-state index contributed by atoms with van der Waals surface area (Å²) in [5, 5.41) is 12.5. The van der Waals surface area contributed by atoms with Gasteiger partial charge in [0.15, 0.2) is 0 Å². The summed E-state index contributed by atoms with van der Waals surface area (Å²) in [7, 11) is 2.18. The monoisotopic (exact) mass is 334 g/mol. The van der Waals surface area contributed by atoms with Crippen molar-refractivity contribution in [1.29, 1.82) is 5.26 Å². The van der Waals surface area contributed by atoms with Crippen LogP contribution in [0.25, 0.3) is 0 Å². The van der Waals surface area contributed by atoms with E-state index in [4.69, 9.17) is 5.26 Å². The second kappa shape index (κ2) is 8.15. The van der Waals surface area contributed by atoms with E-state index in [2.05, 4.69) is 65.5 Å². The van der Waals surface area contributed by atoms with Crippen molar-refractivity contribution in [3.63, 3.8) is 0 Å². The van der Waals surface area contributed by atoms with Gasteiger partial charge >= 0.3 is 0 Å².